The van der Waals surface area contributed by atoms with E-state index >= 15 is 0 Å². The molecule has 3 atom stereocenters. The van der Waals surface area contributed by atoms with Gasteiger partial charge in [0.05, 0.1) is 12.0 Å². The summed E-state index contributed by atoms with van der Waals surface area (Å²) >= 11 is 0. The molecule has 1 fully saturated rings. The first-order valence-corrected chi connectivity index (χ1v) is 8.03. The van der Waals surface area contributed by atoms with Crippen molar-refractivity contribution in [3.63, 3.8) is 0 Å². The lowest BCUT2D eigenvalue weighted by atomic mass is 9.85. The number of amides is 3. The van der Waals surface area contributed by atoms with Gasteiger partial charge in [-0.2, -0.15) is 0 Å². The van der Waals surface area contributed by atoms with Crippen molar-refractivity contribution in [2.75, 3.05) is 20.6 Å². The number of nitrogens with one attached hydrogen (secondary N) is 1. The maximum Gasteiger partial charge on any atom is 0.245 e. The van der Waals surface area contributed by atoms with Gasteiger partial charge < -0.3 is 10.2 Å². The van der Waals surface area contributed by atoms with Crippen LogP contribution in [0.1, 0.15) is 33.6 Å². The van der Waals surface area contributed by atoms with Crippen molar-refractivity contribution in [1.82, 2.24) is 15.3 Å². The Hall–Kier alpha value is -1.89. The summed E-state index contributed by atoms with van der Waals surface area (Å²) in [6, 6.07) is -0.690. The molecule has 1 saturated carbocycles. The standard InChI is InChI=1S/C17H29N3O4/c1-7-8-12-9-17(12,10-20(24)11-21)15(23)18-13(16(2,3)4)14(22)19(5)6/h7,11-13,24H,1,8-10H2,2-6H3,(H,18,23)/t12-,13?,17?/m1/s1. The summed E-state index contributed by atoms with van der Waals surface area (Å²) in [5.41, 5.74) is -1.34. The van der Waals surface area contributed by atoms with Gasteiger partial charge in [-0.05, 0) is 24.2 Å². The van der Waals surface area contributed by atoms with Gasteiger partial charge in [-0.3, -0.25) is 19.6 Å². The molecule has 24 heavy (non-hydrogen) atoms. The Kier molecular flexibility index (Phi) is 6.16. The summed E-state index contributed by atoms with van der Waals surface area (Å²) in [5, 5.41) is 12.9. The third kappa shape index (κ3) is 4.35. The van der Waals surface area contributed by atoms with Gasteiger partial charge in [-0.15, -0.1) is 6.58 Å². The van der Waals surface area contributed by atoms with Crippen molar-refractivity contribution in [2.24, 2.45) is 16.7 Å². The predicted octanol–water partition coefficient (Wildman–Crippen LogP) is 1.04. The van der Waals surface area contributed by atoms with Gasteiger partial charge in [0.1, 0.15) is 6.04 Å². The first kappa shape index (κ1) is 20.2. The van der Waals surface area contributed by atoms with Crippen LogP contribution < -0.4 is 5.32 Å². The molecule has 7 heteroatoms. The fourth-order valence-corrected chi connectivity index (χ4v) is 2.94. The van der Waals surface area contributed by atoms with E-state index in [2.05, 4.69) is 11.9 Å². The fraction of sp³-hybridized carbons (Fsp3) is 0.706. The van der Waals surface area contributed by atoms with E-state index < -0.39 is 16.9 Å². The number of hydrogen-bond acceptors (Lipinski definition) is 4. The van der Waals surface area contributed by atoms with Crippen molar-refractivity contribution in [1.29, 1.82) is 0 Å². The summed E-state index contributed by atoms with van der Waals surface area (Å²) in [5.74, 6) is -0.506. The minimum atomic E-state index is -0.875. The lowest BCUT2D eigenvalue weighted by molar-refractivity contribution is -0.157. The van der Waals surface area contributed by atoms with E-state index in [1.165, 1.54) is 4.90 Å². The van der Waals surface area contributed by atoms with Gasteiger partial charge in [0.2, 0.25) is 18.2 Å². The van der Waals surface area contributed by atoms with E-state index in [-0.39, 0.29) is 30.7 Å². The molecule has 0 bridgehead atoms. The van der Waals surface area contributed by atoms with E-state index in [1.807, 2.05) is 20.8 Å². The number of likely N-dealkylation sites (N-methyl/N-ethyl adjacent to an activating group) is 1. The number of carbonyl (C=O) groups excluding carboxylic acids is 3. The Balaban J connectivity index is 3.00. The highest BCUT2D eigenvalue weighted by atomic mass is 16.5. The number of nitrogens with zero attached hydrogens (tertiary/aromatic N) is 2. The van der Waals surface area contributed by atoms with Crippen LogP contribution in [0.4, 0.5) is 0 Å². The molecule has 0 aromatic rings. The Morgan fingerprint density at radius 2 is 2.00 bits per heavy atom. The number of rotatable bonds is 8. The summed E-state index contributed by atoms with van der Waals surface area (Å²) in [4.78, 5) is 37.5. The highest BCUT2D eigenvalue weighted by Gasteiger charge is 2.60. The topological polar surface area (TPSA) is 90.0 Å². The molecule has 3 amide bonds. The van der Waals surface area contributed by atoms with Crippen molar-refractivity contribution in [2.45, 2.75) is 39.7 Å². The maximum absolute atomic E-state index is 12.9. The first-order valence-electron chi connectivity index (χ1n) is 8.03. The molecule has 7 nitrogen and oxygen atoms in total. The van der Waals surface area contributed by atoms with Crippen molar-refractivity contribution in [3.8, 4) is 0 Å². The third-order valence-corrected chi connectivity index (χ3v) is 4.53. The van der Waals surface area contributed by atoms with E-state index in [0.29, 0.717) is 17.9 Å². The zero-order valence-electron chi connectivity index (χ0n) is 15.2. The number of allylic oxidation sites excluding steroid dienone is 1. The molecule has 1 rings (SSSR count). The molecule has 1 aliphatic rings. The molecule has 0 saturated heterocycles. The molecule has 2 unspecified atom stereocenters. The van der Waals surface area contributed by atoms with Crippen LogP contribution in [0.15, 0.2) is 12.7 Å². The molecule has 0 aliphatic heterocycles. The average molecular weight is 339 g/mol. The summed E-state index contributed by atoms with van der Waals surface area (Å²) in [6.07, 6.45) is 3.16. The van der Waals surface area contributed by atoms with Gasteiger partial charge in [0, 0.05) is 14.1 Å². The van der Waals surface area contributed by atoms with Gasteiger partial charge in [0.15, 0.2) is 0 Å². The Morgan fingerprint density at radius 3 is 2.42 bits per heavy atom. The Labute approximate surface area is 143 Å². The molecule has 0 radical (unpaired) electrons. The monoisotopic (exact) mass is 339 g/mol. The van der Waals surface area contributed by atoms with Crippen molar-refractivity contribution in [3.05, 3.63) is 12.7 Å². The minimum absolute atomic E-state index is 0.000300. The van der Waals surface area contributed by atoms with Crippen LogP contribution in [0.2, 0.25) is 0 Å². The molecule has 1 aliphatic carbocycles. The fourth-order valence-electron chi connectivity index (χ4n) is 2.94. The largest absolute Gasteiger partial charge is 0.347 e. The lowest BCUT2D eigenvalue weighted by Crippen LogP contribution is -2.56. The second-order valence-electron chi connectivity index (χ2n) is 7.79. The van der Waals surface area contributed by atoms with E-state index in [1.54, 1.807) is 20.2 Å². The van der Waals surface area contributed by atoms with Crippen LogP contribution >= 0.6 is 0 Å². The molecule has 0 spiro atoms. The molecule has 136 valence electrons. The molecule has 0 heterocycles. The van der Waals surface area contributed by atoms with Crippen LogP contribution in [0, 0.1) is 16.7 Å². The number of hydrogen-bond donors (Lipinski definition) is 2. The maximum atomic E-state index is 12.9. The van der Waals surface area contributed by atoms with E-state index in [0.717, 1.165) is 0 Å². The highest BCUT2D eigenvalue weighted by Crippen LogP contribution is 2.55. The molecule has 0 aromatic carbocycles. The van der Waals surface area contributed by atoms with Crippen LogP contribution in [0.25, 0.3) is 0 Å². The van der Waals surface area contributed by atoms with Crippen molar-refractivity contribution < 1.29 is 19.6 Å². The zero-order chi connectivity index (χ0) is 18.7. The Morgan fingerprint density at radius 1 is 1.42 bits per heavy atom. The minimum Gasteiger partial charge on any atom is -0.347 e. The van der Waals surface area contributed by atoms with E-state index in [9.17, 15) is 19.6 Å². The predicted molar refractivity (Wildman–Crippen MR) is 90.0 cm³/mol. The van der Waals surface area contributed by atoms with Crippen LogP contribution in [0.3, 0.4) is 0 Å². The van der Waals surface area contributed by atoms with E-state index in [4.69, 9.17) is 0 Å². The first-order chi connectivity index (χ1) is 11.0. The third-order valence-electron chi connectivity index (χ3n) is 4.53. The van der Waals surface area contributed by atoms with Gasteiger partial charge in [-0.1, -0.05) is 26.8 Å². The SMILES string of the molecule is C=CC[C@@H]1CC1(CN(O)C=O)C(=O)NC(C(=O)N(C)C)C(C)(C)C. The van der Waals surface area contributed by atoms with Crippen LogP contribution in [-0.2, 0) is 14.4 Å². The number of carbonyl (C=O) groups is 3. The summed E-state index contributed by atoms with van der Waals surface area (Å²) < 4.78 is 0. The second-order valence-corrected chi connectivity index (χ2v) is 7.79. The Bertz CT molecular complexity index is 512. The van der Waals surface area contributed by atoms with Crippen LogP contribution in [-0.4, -0.2) is 60.1 Å². The smallest absolute Gasteiger partial charge is 0.245 e. The quantitative estimate of drug-likeness (QED) is 0.299. The molecule has 0 aromatic heterocycles. The zero-order valence-corrected chi connectivity index (χ0v) is 15.2. The summed E-state index contributed by atoms with van der Waals surface area (Å²) in [6.45, 7) is 9.23. The van der Waals surface area contributed by atoms with Crippen molar-refractivity contribution >= 4 is 18.2 Å². The highest BCUT2D eigenvalue weighted by molar-refractivity contribution is 5.92. The lowest BCUT2D eigenvalue weighted by Gasteiger charge is -2.34. The molecular formula is C17H29N3O4. The normalized spacial score (nSPS) is 23.8. The van der Waals surface area contributed by atoms with Crippen LogP contribution in [0.5, 0.6) is 0 Å². The van der Waals surface area contributed by atoms with Gasteiger partial charge >= 0.3 is 0 Å². The molecule has 2 N–H and O–H groups in total. The molecular weight excluding hydrogens is 310 g/mol. The average Bonchev–Trinajstić information content (AvgIpc) is 3.16. The number of hydroxylamine groups is 2. The van der Waals surface area contributed by atoms with Gasteiger partial charge in [-0.25, -0.2) is 5.06 Å². The second kappa shape index (κ2) is 7.34. The summed E-state index contributed by atoms with van der Waals surface area (Å²) in [7, 11) is 3.28. The van der Waals surface area contributed by atoms with Gasteiger partial charge in [0.25, 0.3) is 0 Å².